The molecule has 1 rings (SSSR count). The van der Waals surface area contributed by atoms with Crippen LogP contribution in [0.1, 0.15) is 6.92 Å². The Balaban J connectivity index is 2.31. The summed E-state index contributed by atoms with van der Waals surface area (Å²) in [6, 6.07) is 3.06. The largest absolute Gasteiger partial charge is 0.383 e. The van der Waals surface area contributed by atoms with E-state index < -0.39 is 17.5 Å². The molecule has 1 aromatic carbocycles. The van der Waals surface area contributed by atoms with E-state index in [9.17, 15) is 13.6 Å². The number of hydrazine groups is 1. The van der Waals surface area contributed by atoms with Gasteiger partial charge in [-0.15, -0.1) is 11.8 Å². The van der Waals surface area contributed by atoms with Crippen molar-refractivity contribution in [1.29, 1.82) is 0 Å². The van der Waals surface area contributed by atoms with E-state index in [1.54, 1.807) is 7.11 Å². The van der Waals surface area contributed by atoms with E-state index in [-0.39, 0.29) is 21.8 Å². The number of carbonyl (C=O) groups excluding carboxylic acids is 1. The predicted octanol–water partition coefficient (Wildman–Crippen LogP) is 1.59. The van der Waals surface area contributed by atoms with Crippen LogP contribution in [0.3, 0.4) is 0 Å². The molecule has 9 heteroatoms. The SMILES string of the molecule is COC[C@H](C)NC(=S)NNC(=O)CSc1cc(F)ccc1F. The van der Waals surface area contributed by atoms with Gasteiger partial charge in [-0.05, 0) is 37.3 Å². The molecule has 122 valence electrons. The molecule has 0 aromatic heterocycles. The molecular formula is C13H17F2N3O2S2. The summed E-state index contributed by atoms with van der Waals surface area (Å²) in [7, 11) is 1.57. The first kappa shape index (κ1) is 18.6. The molecule has 3 N–H and O–H groups in total. The Hall–Kier alpha value is -1.45. The Morgan fingerprint density at radius 2 is 2.14 bits per heavy atom. The number of ether oxygens (including phenoxy) is 1. The molecule has 0 radical (unpaired) electrons. The number of halogens is 2. The highest BCUT2D eigenvalue weighted by Gasteiger charge is 2.09. The molecule has 1 amide bonds. The zero-order chi connectivity index (χ0) is 16.5. The van der Waals surface area contributed by atoms with E-state index in [1.807, 2.05) is 6.92 Å². The average molecular weight is 349 g/mol. The zero-order valence-corrected chi connectivity index (χ0v) is 13.7. The van der Waals surface area contributed by atoms with Gasteiger partial charge >= 0.3 is 0 Å². The highest BCUT2D eigenvalue weighted by molar-refractivity contribution is 8.00. The number of benzene rings is 1. The fourth-order valence-corrected chi connectivity index (χ4v) is 2.46. The number of carbonyl (C=O) groups is 1. The molecule has 0 spiro atoms. The van der Waals surface area contributed by atoms with Crippen molar-refractivity contribution < 1.29 is 18.3 Å². The second-order valence-electron chi connectivity index (χ2n) is 4.37. The van der Waals surface area contributed by atoms with Crippen molar-refractivity contribution in [2.24, 2.45) is 0 Å². The average Bonchev–Trinajstić information content (AvgIpc) is 2.46. The molecule has 22 heavy (non-hydrogen) atoms. The molecule has 0 heterocycles. The van der Waals surface area contributed by atoms with Crippen molar-refractivity contribution >= 4 is 35.0 Å². The van der Waals surface area contributed by atoms with Crippen LogP contribution in [0.15, 0.2) is 23.1 Å². The summed E-state index contributed by atoms with van der Waals surface area (Å²) in [5, 5.41) is 3.13. The van der Waals surface area contributed by atoms with Gasteiger partial charge < -0.3 is 10.1 Å². The maximum Gasteiger partial charge on any atom is 0.248 e. The molecule has 1 atom stereocenters. The standard InChI is InChI=1S/C13H17F2N3O2S2/c1-8(6-20-2)16-13(21)18-17-12(19)7-22-11-5-9(14)3-4-10(11)15/h3-5,8H,6-7H2,1-2H3,(H,17,19)(H2,16,18,21)/t8-/m0/s1. The molecule has 1 aromatic rings. The maximum absolute atomic E-state index is 13.4. The number of rotatable bonds is 6. The fourth-order valence-electron chi connectivity index (χ4n) is 1.45. The Morgan fingerprint density at radius 1 is 1.41 bits per heavy atom. The lowest BCUT2D eigenvalue weighted by Gasteiger charge is -2.16. The second-order valence-corrected chi connectivity index (χ2v) is 5.79. The molecule has 0 unspecified atom stereocenters. The topological polar surface area (TPSA) is 62.4 Å². The van der Waals surface area contributed by atoms with Crippen molar-refractivity contribution in [2.45, 2.75) is 17.9 Å². The van der Waals surface area contributed by atoms with Crippen molar-refractivity contribution in [3.05, 3.63) is 29.8 Å². The molecule has 0 bridgehead atoms. The van der Waals surface area contributed by atoms with Crippen LogP contribution in [0.4, 0.5) is 8.78 Å². The summed E-state index contributed by atoms with van der Waals surface area (Å²) in [6.07, 6.45) is 0. The minimum atomic E-state index is -0.572. The van der Waals surface area contributed by atoms with Gasteiger partial charge in [-0.3, -0.25) is 15.6 Å². The summed E-state index contributed by atoms with van der Waals surface area (Å²) in [5.74, 6) is -1.63. The third-order valence-corrected chi connectivity index (χ3v) is 3.61. The summed E-state index contributed by atoms with van der Waals surface area (Å²) in [5.41, 5.74) is 4.88. The van der Waals surface area contributed by atoms with Gasteiger partial charge in [0.15, 0.2) is 5.11 Å². The first-order chi connectivity index (χ1) is 10.4. The fraction of sp³-hybridized carbons (Fsp3) is 0.385. The molecule has 0 fully saturated rings. The lowest BCUT2D eigenvalue weighted by atomic mass is 10.3. The first-order valence-corrected chi connectivity index (χ1v) is 7.74. The number of amides is 1. The number of nitrogens with one attached hydrogen (secondary N) is 3. The zero-order valence-electron chi connectivity index (χ0n) is 12.1. The lowest BCUT2D eigenvalue weighted by molar-refractivity contribution is -0.119. The van der Waals surface area contributed by atoms with E-state index in [4.69, 9.17) is 17.0 Å². The van der Waals surface area contributed by atoms with Crippen molar-refractivity contribution in [3.63, 3.8) is 0 Å². The van der Waals surface area contributed by atoms with Crippen molar-refractivity contribution in [3.8, 4) is 0 Å². The Kier molecular flexibility index (Phi) is 8.07. The molecule has 0 aliphatic rings. The molecule has 5 nitrogen and oxygen atoms in total. The predicted molar refractivity (Wildman–Crippen MR) is 85.4 cm³/mol. The van der Waals surface area contributed by atoms with Gasteiger partial charge in [-0.1, -0.05) is 0 Å². The number of hydrogen-bond donors (Lipinski definition) is 3. The second kappa shape index (κ2) is 9.54. The van der Waals surface area contributed by atoms with Crippen LogP contribution in [-0.4, -0.2) is 36.5 Å². The quantitative estimate of drug-likeness (QED) is 0.412. The summed E-state index contributed by atoms with van der Waals surface area (Å²) >= 11 is 5.86. The van der Waals surface area contributed by atoms with E-state index in [1.165, 1.54) is 0 Å². The van der Waals surface area contributed by atoms with Crippen LogP contribution in [-0.2, 0) is 9.53 Å². The number of thioether (sulfide) groups is 1. The van der Waals surface area contributed by atoms with Gasteiger partial charge in [0.2, 0.25) is 5.91 Å². The molecular weight excluding hydrogens is 332 g/mol. The van der Waals surface area contributed by atoms with Crippen LogP contribution in [0.25, 0.3) is 0 Å². The minimum absolute atomic E-state index is 0.0160. The molecule has 0 saturated carbocycles. The van der Waals surface area contributed by atoms with Gasteiger partial charge in [0.25, 0.3) is 0 Å². The third kappa shape index (κ3) is 7.01. The Bertz CT molecular complexity index is 532. The van der Waals surface area contributed by atoms with Gasteiger partial charge in [0.05, 0.1) is 12.4 Å². The van der Waals surface area contributed by atoms with Crippen LogP contribution in [0, 0.1) is 11.6 Å². The van der Waals surface area contributed by atoms with E-state index in [0.29, 0.717) is 6.61 Å². The van der Waals surface area contributed by atoms with E-state index in [0.717, 1.165) is 30.0 Å². The van der Waals surface area contributed by atoms with Gasteiger partial charge in [-0.25, -0.2) is 8.78 Å². The summed E-state index contributed by atoms with van der Waals surface area (Å²) in [4.78, 5) is 11.7. The van der Waals surface area contributed by atoms with Crippen molar-refractivity contribution in [2.75, 3.05) is 19.5 Å². The van der Waals surface area contributed by atoms with Gasteiger partial charge in [0.1, 0.15) is 11.6 Å². The van der Waals surface area contributed by atoms with Gasteiger partial charge in [-0.2, -0.15) is 0 Å². The monoisotopic (exact) mass is 349 g/mol. The van der Waals surface area contributed by atoms with E-state index >= 15 is 0 Å². The van der Waals surface area contributed by atoms with Crippen LogP contribution >= 0.6 is 24.0 Å². The molecule has 0 aliphatic carbocycles. The van der Waals surface area contributed by atoms with Gasteiger partial charge in [0, 0.05) is 18.0 Å². The Labute approximate surface area is 137 Å². The van der Waals surface area contributed by atoms with Crippen LogP contribution in [0.2, 0.25) is 0 Å². The molecule has 0 saturated heterocycles. The van der Waals surface area contributed by atoms with Crippen LogP contribution in [0.5, 0.6) is 0 Å². The van der Waals surface area contributed by atoms with E-state index in [2.05, 4.69) is 16.2 Å². The summed E-state index contributed by atoms with van der Waals surface area (Å²) in [6.45, 7) is 2.33. The Morgan fingerprint density at radius 3 is 2.82 bits per heavy atom. The lowest BCUT2D eigenvalue weighted by Crippen LogP contribution is -2.50. The number of thiocarbonyl (C=S) groups is 1. The summed E-state index contributed by atoms with van der Waals surface area (Å²) < 4.78 is 31.3. The third-order valence-electron chi connectivity index (χ3n) is 2.36. The highest BCUT2D eigenvalue weighted by atomic mass is 32.2. The highest BCUT2D eigenvalue weighted by Crippen LogP contribution is 2.22. The smallest absolute Gasteiger partial charge is 0.248 e. The number of hydrogen-bond acceptors (Lipinski definition) is 4. The van der Waals surface area contributed by atoms with Crippen molar-refractivity contribution in [1.82, 2.24) is 16.2 Å². The normalized spacial score (nSPS) is 11.6. The van der Waals surface area contributed by atoms with Crippen LogP contribution < -0.4 is 16.2 Å². The molecule has 0 aliphatic heterocycles. The number of methoxy groups -OCH3 is 1. The maximum atomic E-state index is 13.4. The minimum Gasteiger partial charge on any atom is -0.383 e. The first-order valence-electron chi connectivity index (χ1n) is 6.34.